The molecule has 0 radical (unpaired) electrons. The van der Waals surface area contributed by atoms with Crippen LogP contribution < -0.4 is 15.0 Å². The molecule has 0 spiro atoms. The number of esters is 1. The van der Waals surface area contributed by atoms with Gasteiger partial charge in [-0.25, -0.2) is 4.79 Å². The molecular formula is C27H25N3O5S. The number of nitrogens with one attached hydrogen (secondary N) is 1. The van der Waals surface area contributed by atoms with Crippen LogP contribution in [0.5, 0.6) is 5.75 Å². The van der Waals surface area contributed by atoms with Crippen molar-refractivity contribution in [3.8, 4) is 11.4 Å². The molecule has 0 saturated carbocycles. The third-order valence-corrected chi connectivity index (χ3v) is 6.35. The first kappa shape index (κ1) is 24.9. The maximum absolute atomic E-state index is 13.4. The Bertz CT molecular complexity index is 1440. The van der Waals surface area contributed by atoms with Crippen molar-refractivity contribution >= 4 is 46.9 Å². The van der Waals surface area contributed by atoms with E-state index in [1.807, 2.05) is 37.5 Å². The normalized spacial score (nSPS) is 14.8. The van der Waals surface area contributed by atoms with Gasteiger partial charge in [-0.1, -0.05) is 0 Å². The SMILES string of the molecule is COC(=O)c1ccc(-n2c(C)cc(/C=C3\C(=O)NC(=S)N(c4ccc(OC)cc4)C3=O)c2C)c(C)c1. The zero-order valence-electron chi connectivity index (χ0n) is 20.5. The molecule has 2 amide bonds. The number of aryl methyl sites for hydroxylation is 2. The molecule has 0 unspecified atom stereocenters. The minimum Gasteiger partial charge on any atom is -0.497 e. The zero-order valence-corrected chi connectivity index (χ0v) is 21.4. The summed E-state index contributed by atoms with van der Waals surface area (Å²) in [6.45, 7) is 5.75. The summed E-state index contributed by atoms with van der Waals surface area (Å²) in [5, 5.41) is 2.62. The third kappa shape index (κ3) is 4.40. The molecule has 1 aromatic heterocycles. The zero-order chi connectivity index (χ0) is 26.1. The van der Waals surface area contributed by atoms with E-state index in [1.54, 1.807) is 49.6 Å². The maximum Gasteiger partial charge on any atom is 0.337 e. The number of methoxy groups -OCH3 is 2. The molecule has 1 fully saturated rings. The molecule has 8 nitrogen and oxygen atoms in total. The minimum atomic E-state index is -0.557. The molecule has 2 aromatic carbocycles. The van der Waals surface area contributed by atoms with Crippen molar-refractivity contribution in [3.05, 3.63) is 82.2 Å². The van der Waals surface area contributed by atoms with Gasteiger partial charge in [-0.05, 0) is 98.7 Å². The van der Waals surface area contributed by atoms with Crippen molar-refractivity contribution in [2.75, 3.05) is 19.1 Å². The number of benzene rings is 2. The fourth-order valence-corrected chi connectivity index (χ4v) is 4.52. The van der Waals surface area contributed by atoms with E-state index in [2.05, 4.69) is 5.32 Å². The Kier molecular flexibility index (Phi) is 6.76. The van der Waals surface area contributed by atoms with Gasteiger partial charge >= 0.3 is 5.97 Å². The first-order valence-corrected chi connectivity index (χ1v) is 11.5. The lowest BCUT2D eigenvalue weighted by Gasteiger charge is -2.29. The Labute approximate surface area is 214 Å². The van der Waals surface area contributed by atoms with Gasteiger partial charge in [0.1, 0.15) is 11.3 Å². The first-order chi connectivity index (χ1) is 17.2. The number of ether oxygens (including phenoxy) is 2. The Morgan fingerprint density at radius 1 is 1.00 bits per heavy atom. The first-order valence-electron chi connectivity index (χ1n) is 11.1. The van der Waals surface area contributed by atoms with Gasteiger partial charge in [-0.15, -0.1) is 0 Å². The summed E-state index contributed by atoms with van der Waals surface area (Å²) in [4.78, 5) is 39.3. The second-order valence-corrected chi connectivity index (χ2v) is 8.70. The number of thiocarbonyl (C=S) groups is 1. The van der Waals surface area contributed by atoms with E-state index in [4.69, 9.17) is 21.7 Å². The van der Waals surface area contributed by atoms with Crippen LogP contribution in [-0.2, 0) is 14.3 Å². The van der Waals surface area contributed by atoms with Crippen LogP contribution in [0.4, 0.5) is 5.69 Å². The molecule has 0 aliphatic carbocycles. The number of hydrogen-bond donors (Lipinski definition) is 1. The number of rotatable bonds is 5. The lowest BCUT2D eigenvalue weighted by molar-refractivity contribution is -0.122. The van der Waals surface area contributed by atoms with Crippen molar-refractivity contribution in [2.24, 2.45) is 0 Å². The highest BCUT2D eigenvalue weighted by atomic mass is 32.1. The van der Waals surface area contributed by atoms with E-state index in [-0.39, 0.29) is 10.7 Å². The lowest BCUT2D eigenvalue weighted by Crippen LogP contribution is -2.54. The van der Waals surface area contributed by atoms with Gasteiger partial charge in [0.05, 0.1) is 25.5 Å². The Morgan fingerprint density at radius 2 is 1.69 bits per heavy atom. The van der Waals surface area contributed by atoms with Crippen LogP contribution in [-0.4, -0.2) is 41.7 Å². The van der Waals surface area contributed by atoms with E-state index < -0.39 is 17.8 Å². The minimum absolute atomic E-state index is 0.0131. The second kappa shape index (κ2) is 9.79. The molecule has 1 aliphatic heterocycles. The second-order valence-electron chi connectivity index (χ2n) is 8.31. The number of hydrogen-bond acceptors (Lipinski definition) is 6. The average molecular weight is 504 g/mol. The van der Waals surface area contributed by atoms with Crippen LogP contribution >= 0.6 is 12.2 Å². The van der Waals surface area contributed by atoms with Crippen molar-refractivity contribution < 1.29 is 23.9 Å². The Morgan fingerprint density at radius 3 is 2.31 bits per heavy atom. The van der Waals surface area contributed by atoms with Crippen molar-refractivity contribution in [3.63, 3.8) is 0 Å². The molecular weight excluding hydrogens is 478 g/mol. The standard InChI is InChI=1S/C27H25N3O5S/c1-15-12-18(26(33)35-5)6-11-23(15)29-16(2)13-19(17(29)3)14-22-24(31)28-27(36)30(25(22)32)20-7-9-21(34-4)10-8-20/h6-14H,1-5H3,(H,28,31,36)/b22-14+. The van der Waals surface area contributed by atoms with Gasteiger partial charge in [-0.3, -0.25) is 19.8 Å². The summed E-state index contributed by atoms with van der Waals surface area (Å²) >= 11 is 5.29. The Hall–Kier alpha value is -4.24. The fourth-order valence-electron chi connectivity index (χ4n) is 4.23. The summed E-state index contributed by atoms with van der Waals surface area (Å²) in [5.41, 5.74) is 5.15. The van der Waals surface area contributed by atoms with Crippen LogP contribution in [0.1, 0.15) is 32.9 Å². The Balaban J connectivity index is 1.73. The van der Waals surface area contributed by atoms with Crippen LogP contribution in [0.15, 0.2) is 54.1 Å². The van der Waals surface area contributed by atoms with Crippen molar-refractivity contribution in [2.45, 2.75) is 20.8 Å². The summed E-state index contributed by atoms with van der Waals surface area (Å²) in [6.07, 6.45) is 1.58. The van der Waals surface area contributed by atoms with E-state index in [9.17, 15) is 14.4 Å². The fraction of sp³-hybridized carbons (Fsp3) is 0.185. The molecule has 184 valence electrons. The molecule has 2 heterocycles. The highest BCUT2D eigenvalue weighted by Gasteiger charge is 2.34. The number of carbonyl (C=O) groups excluding carboxylic acids is 3. The van der Waals surface area contributed by atoms with E-state index in [0.29, 0.717) is 22.6 Å². The summed E-state index contributed by atoms with van der Waals surface area (Å²) in [7, 11) is 2.90. The predicted octanol–water partition coefficient (Wildman–Crippen LogP) is 4.03. The quantitative estimate of drug-likeness (QED) is 0.245. The molecule has 1 saturated heterocycles. The largest absolute Gasteiger partial charge is 0.497 e. The van der Waals surface area contributed by atoms with Crippen LogP contribution in [0.3, 0.4) is 0 Å². The number of nitrogens with zero attached hydrogens (tertiary/aromatic N) is 2. The highest BCUT2D eigenvalue weighted by molar-refractivity contribution is 7.80. The molecule has 4 rings (SSSR count). The van der Waals surface area contributed by atoms with E-state index >= 15 is 0 Å². The number of aromatic nitrogens is 1. The van der Waals surface area contributed by atoms with Gasteiger partial charge in [0.25, 0.3) is 11.8 Å². The summed E-state index contributed by atoms with van der Waals surface area (Å²) < 4.78 is 12.0. The predicted molar refractivity (Wildman–Crippen MR) is 141 cm³/mol. The lowest BCUT2D eigenvalue weighted by atomic mass is 10.1. The summed E-state index contributed by atoms with van der Waals surface area (Å²) in [5.74, 6) is -0.844. The number of anilines is 1. The van der Waals surface area contributed by atoms with Crippen LogP contribution in [0, 0.1) is 20.8 Å². The number of amides is 2. The molecule has 1 N–H and O–H groups in total. The molecule has 36 heavy (non-hydrogen) atoms. The molecule has 0 atom stereocenters. The van der Waals surface area contributed by atoms with Gasteiger partial charge in [0.2, 0.25) is 0 Å². The van der Waals surface area contributed by atoms with Crippen molar-refractivity contribution in [1.29, 1.82) is 0 Å². The topological polar surface area (TPSA) is 89.9 Å². The molecule has 1 aliphatic rings. The van der Waals surface area contributed by atoms with E-state index in [1.165, 1.54) is 12.0 Å². The highest BCUT2D eigenvalue weighted by Crippen LogP contribution is 2.28. The molecule has 0 bridgehead atoms. The maximum atomic E-state index is 13.4. The third-order valence-electron chi connectivity index (χ3n) is 6.06. The van der Waals surface area contributed by atoms with Gasteiger partial charge in [0, 0.05) is 17.1 Å². The smallest absolute Gasteiger partial charge is 0.337 e. The average Bonchev–Trinajstić information content (AvgIpc) is 3.13. The van der Waals surface area contributed by atoms with Gasteiger partial charge in [0.15, 0.2) is 5.11 Å². The van der Waals surface area contributed by atoms with Gasteiger partial charge in [-0.2, -0.15) is 0 Å². The molecule has 3 aromatic rings. The van der Waals surface area contributed by atoms with Crippen LogP contribution in [0.2, 0.25) is 0 Å². The number of carbonyl (C=O) groups is 3. The molecule has 9 heteroatoms. The monoisotopic (exact) mass is 503 g/mol. The summed E-state index contributed by atoms with van der Waals surface area (Å²) in [6, 6.07) is 14.1. The van der Waals surface area contributed by atoms with Gasteiger partial charge < -0.3 is 14.0 Å². The van der Waals surface area contributed by atoms with E-state index in [0.717, 1.165) is 22.6 Å². The van der Waals surface area contributed by atoms with Crippen molar-refractivity contribution in [1.82, 2.24) is 9.88 Å². The van der Waals surface area contributed by atoms with Crippen LogP contribution in [0.25, 0.3) is 11.8 Å².